The third-order valence-corrected chi connectivity index (χ3v) is 8.49. The number of hydrogen-bond donors (Lipinski definition) is 2. The lowest BCUT2D eigenvalue weighted by atomic mass is 9.96. The van der Waals surface area contributed by atoms with Gasteiger partial charge in [-0.25, -0.2) is 4.79 Å². The molecule has 274 valence electrons. The molecule has 0 aromatic heterocycles. The van der Waals surface area contributed by atoms with Crippen LogP contribution in [0.25, 0.3) is 11.1 Å². The molecule has 2 atom stereocenters. The molecule has 1 aliphatic heterocycles. The summed E-state index contributed by atoms with van der Waals surface area (Å²) in [5.41, 5.74) is -0.950. The summed E-state index contributed by atoms with van der Waals surface area (Å²) in [7, 11) is 0. The van der Waals surface area contributed by atoms with Gasteiger partial charge in [0.15, 0.2) is 0 Å². The maximum absolute atomic E-state index is 14.0. The van der Waals surface area contributed by atoms with Crippen molar-refractivity contribution < 1.29 is 59.8 Å². The van der Waals surface area contributed by atoms with E-state index in [0.717, 1.165) is 11.1 Å². The van der Waals surface area contributed by atoms with Gasteiger partial charge < -0.3 is 19.9 Å². The third kappa shape index (κ3) is 8.73. The van der Waals surface area contributed by atoms with Crippen LogP contribution in [0.15, 0.2) is 91.0 Å². The van der Waals surface area contributed by atoms with Crippen LogP contribution in [0.4, 0.5) is 35.9 Å². The van der Waals surface area contributed by atoms with Crippen LogP contribution < -0.4 is 10.1 Å². The molecule has 0 saturated heterocycles. The lowest BCUT2D eigenvalue weighted by molar-refractivity contribution is -0.795. The van der Waals surface area contributed by atoms with Crippen LogP contribution in [0.3, 0.4) is 0 Å². The minimum Gasteiger partial charge on any atom is -0.481 e. The van der Waals surface area contributed by atoms with Crippen molar-refractivity contribution in [3.05, 3.63) is 119 Å². The number of quaternary nitrogens is 1. The van der Waals surface area contributed by atoms with Gasteiger partial charge in [-0.05, 0) is 73.4 Å². The molecule has 5 rings (SSSR count). The minimum absolute atomic E-state index is 0.0142. The minimum atomic E-state index is -5.08. The first-order valence-corrected chi connectivity index (χ1v) is 16.1. The quantitative estimate of drug-likeness (QED) is 0.145. The molecular weight excluding hydrogens is 694 g/mol. The third-order valence-electron chi connectivity index (χ3n) is 8.49. The van der Waals surface area contributed by atoms with Gasteiger partial charge in [0.1, 0.15) is 30.2 Å². The van der Waals surface area contributed by atoms with Gasteiger partial charge in [-0.2, -0.15) is 31.1 Å². The Morgan fingerprint density at radius 3 is 1.92 bits per heavy atom. The van der Waals surface area contributed by atoms with Crippen LogP contribution in [-0.2, 0) is 34.8 Å². The van der Waals surface area contributed by atoms with Crippen molar-refractivity contribution in [2.45, 2.75) is 57.6 Å². The van der Waals surface area contributed by atoms with Gasteiger partial charge in [0.2, 0.25) is 0 Å². The number of rotatable bonds is 7. The number of nitrogens with one attached hydrogen (secondary N) is 1. The van der Waals surface area contributed by atoms with E-state index in [4.69, 9.17) is 9.47 Å². The molecule has 4 aromatic rings. The maximum Gasteiger partial charge on any atom is 0.526 e. The van der Waals surface area contributed by atoms with E-state index in [1.54, 1.807) is 51.1 Å². The van der Waals surface area contributed by atoms with E-state index in [2.05, 4.69) is 5.32 Å². The Bertz CT molecular complexity index is 1920. The highest BCUT2D eigenvalue weighted by atomic mass is 19.4. The van der Waals surface area contributed by atoms with Gasteiger partial charge in [0.25, 0.3) is 0 Å². The molecule has 0 radical (unpaired) electrons. The number of aliphatic carboxylic acids is 1. The first kappa shape index (κ1) is 37.9. The van der Waals surface area contributed by atoms with E-state index in [1.165, 1.54) is 12.1 Å². The van der Waals surface area contributed by atoms with Crippen molar-refractivity contribution in [2.24, 2.45) is 0 Å². The fourth-order valence-corrected chi connectivity index (χ4v) is 5.85. The van der Waals surface area contributed by atoms with E-state index in [-0.39, 0.29) is 37.9 Å². The average molecular weight is 730 g/mol. The number of carboxylic acid groups (broad SMARTS) is 1. The van der Waals surface area contributed by atoms with Gasteiger partial charge >= 0.3 is 30.4 Å². The molecule has 1 heterocycles. The van der Waals surface area contributed by atoms with Crippen molar-refractivity contribution >= 4 is 18.1 Å². The summed E-state index contributed by atoms with van der Waals surface area (Å²) in [5.74, 6) is -3.26. The number of fused-ring (bicyclic) bond motifs is 1. The van der Waals surface area contributed by atoms with Crippen molar-refractivity contribution in [2.75, 3.05) is 13.1 Å². The number of halogens is 6. The van der Waals surface area contributed by atoms with Crippen molar-refractivity contribution in [1.82, 2.24) is 5.32 Å². The molecule has 0 saturated carbocycles. The molecule has 2 N–H and O–H groups in total. The second-order valence-corrected chi connectivity index (χ2v) is 13.4. The second-order valence-electron chi connectivity index (χ2n) is 13.4. The Labute approximate surface area is 295 Å². The first-order chi connectivity index (χ1) is 24.2. The van der Waals surface area contributed by atoms with Crippen LogP contribution in [0.5, 0.6) is 11.5 Å². The molecule has 14 heteroatoms. The van der Waals surface area contributed by atoms with E-state index in [0.29, 0.717) is 28.8 Å². The summed E-state index contributed by atoms with van der Waals surface area (Å²) in [6.45, 7) is 4.02. The summed E-state index contributed by atoms with van der Waals surface area (Å²) in [6, 6.07) is 20.5. The standard InChI is InChI=1S/C38H34F6N2O6/c1-36(2,3)52-35(50)46(34(49)45-21-32(33(47)48)26-11-9-24(10-12-26)23-7-5-4-6-8-23)16-15-25-13-14-30(17-27(25)22-46)51-31-19-28(37(39,40)41)18-29(20-31)38(42,43)44/h4-14,17-20,32H,15-16,21-22H2,1-3H3,(H-,45,47,48,49)/p+1. The summed E-state index contributed by atoms with van der Waals surface area (Å²) < 4.78 is 90.9. The molecule has 3 amide bonds. The molecule has 4 aromatic carbocycles. The zero-order valence-electron chi connectivity index (χ0n) is 28.3. The van der Waals surface area contributed by atoms with Crippen LogP contribution in [0, 0.1) is 0 Å². The van der Waals surface area contributed by atoms with Crippen LogP contribution in [-0.4, -0.2) is 46.4 Å². The second kappa shape index (κ2) is 14.3. The highest BCUT2D eigenvalue weighted by Crippen LogP contribution is 2.40. The molecule has 2 unspecified atom stereocenters. The Hall–Kier alpha value is -5.37. The highest BCUT2D eigenvalue weighted by Gasteiger charge is 2.51. The van der Waals surface area contributed by atoms with E-state index in [1.807, 2.05) is 30.3 Å². The van der Waals surface area contributed by atoms with Gasteiger partial charge in [-0.15, -0.1) is 4.48 Å². The number of carboxylic acids is 1. The molecule has 0 aliphatic carbocycles. The van der Waals surface area contributed by atoms with Gasteiger partial charge in [-0.1, -0.05) is 60.7 Å². The molecule has 8 nitrogen and oxygen atoms in total. The number of imide groups is 1. The number of alkyl halides is 6. The zero-order valence-corrected chi connectivity index (χ0v) is 28.3. The normalized spacial score (nSPS) is 16.7. The molecule has 52 heavy (non-hydrogen) atoms. The van der Waals surface area contributed by atoms with Crippen molar-refractivity contribution in [3.8, 4) is 22.6 Å². The lowest BCUT2D eigenvalue weighted by Gasteiger charge is -2.37. The Kier molecular flexibility index (Phi) is 10.4. The lowest BCUT2D eigenvalue weighted by Crippen LogP contribution is -2.63. The van der Waals surface area contributed by atoms with Gasteiger partial charge in [-0.3, -0.25) is 4.79 Å². The number of amides is 3. The number of ether oxygens (including phenoxy) is 2. The molecule has 0 fully saturated rings. The maximum atomic E-state index is 14.0. The summed E-state index contributed by atoms with van der Waals surface area (Å²) in [5, 5.41) is 12.7. The number of hydrogen-bond acceptors (Lipinski definition) is 5. The molecule has 0 spiro atoms. The SMILES string of the molecule is CC(C)(C)OC(=O)[N+]1(C(=O)NCC(C(=O)O)c2ccc(-c3ccccc3)cc2)CCc2ccc(Oc3cc(C(F)(F)F)cc(C(F)(F)F)c3)cc2C1. The molecular formula is C38H35F6N2O6+. The topological polar surface area (TPSA) is 102 Å². The van der Waals surface area contributed by atoms with Crippen molar-refractivity contribution in [3.63, 3.8) is 0 Å². The predicted octanol–water partition coefficient (Wildman–Crippen LogP) is 9.57. The van der Waals surface area contributed by atoms with Crippen LogP contribution >= 0.6 is 0 Å². The number of carbonyl (C=O) groups excluding carboxylic acids is 2. The first-order valence-electron chi connectivity index (χ1n) is 16.1. The van der Waals surface area contributed by atoms with E-state index >= 15 is 0 Å². The summed E-state index contributed by atoms with van der Waals surface area (Å²) in [6.07, 6.45) is -11.0. The van der Waals surface area contributed by atoms with E-state index < -0.39 is 63.3 Å². The fourth-order valence-electron chi connectivity index (χ4n) is 5.85. The summed E-state index contributed by atoms with van der Waals surface area (Å²) in [4.78, 5) is 40.2. The number of urea groups is 1. The largest absolute Gasteiger partial charge is 0.526 e. The fraction of sp³-hybridized carbons (Fsp3) is 0.289. The van der Waals surface area contributed by atoms with Gasteiger partial charge in [0.05, 0.1) is 17.0 Å². The van der Waals surface area contributed by atoms with Crippen LogP contribution in [0.2, 0.25) is 0 Å². The Morgan fingerprint density at radius 1 is 0.769 bits per heavy atom. The van der Waals surface area contributed by atoms with Crippen LogP contribution in [0.1, 0.15) is 54.5 Å². The number of carbonyl (C=O) groups is 3. The average Bonchev–Trinajstić information content (AvgIpc) is 3.06. The van der Waals surface area contributed by atoms with Crippen molar-refractivity contribution in [1.29, 1.82) is 0 Å². The molecule has 0 bridgehead atoms. The molecule has 1 aliphatic rings. The number of nitrogens with zero attached hydrogens (tertiary/aromatic N) is 1. The number of benzene rings is 4. The summed E-state index contributed by atoms with van der Waals surface area (Å²) >= 11 is 0. The van der Waals surface area contributed by atoms with E-state index in [9.17, 15) is 45.8 Å². The Balaban J connectivity index is 1.42. The predicted molar refractivity (Wildman–Crippen MR) is 177 cm³/mol. The zero-order chi connectivity index (χ0) is 38.1. The monoisotopic (exact) mass is 729 g/mol. The smallest absolute Gasteiger partial charge is 0.481 e. The Morgan fingerprint density at radius 2 is 1.37 bits per heavy atom. The highest BCUT2D eigenvalue weighted by molar-refractivity contribution is 5.82. The van der Waals surface area contributed by atoms with Gasteiger partial charge in [0, 0.05) is 18.5 Å².